The van der Waals surface area contributed by atoms with Crippen LogP contribution in [0.2, 0.25) is 0 Å². The molecule has 0 N–H and O–H groups in total. The van der Waals surface area contributed by atoms with Crippen molar-refractivity contribution in [1.29, 1.82) is 0 Å². The molecule has 2 heterocycles. The molecule has 2 aromatic heterocycles. The second-order valence-corrected chi connectivity index (χ2v) is 16.5. The molecule has 0 fully saturated rings. The average molecular weight is 754 g/mol. The maximum atomic E-state index is 6.60. The fourth-order valence-electron chi connectivity index (χ4n) is 9.84. The normalized spacial score (nSPS) is 13.1. The quantitative estimate of drug-likeness (QED) is 0.171. The van der Waals surface area contributed by atoms with Crippen molar-refractivity contribution in [2.24, 2.45) is 0 Å². The van der Waals surface area contributed by atoms with E-state index in [4.69, 9.17) is 4.42 Å². The van der Waals surface area contributed by atoms with Crippen molar-refractivity contribution in [1.82, 2.24) is 4.57 Å². The van der Waals surface area contributed by atoms with E-state index in [0.29, 0.717) is 0 Å². The molecule has 12 rings (SSSR count). The van der Waals surface area contributed by atoms with Crippen LogP contribution in [0.5, 0.6) is 0 Å². The Kier molecular flexibility index (Phi) is 7.31. The molecule has 1 aliphatic rings. The summed E-state index contributed by atoms with van der Waals surface area (Å²) in [5.74, 6) is 0. The van der Waals surface area contributed by atoms with E-state index >= 15 is 0 Å². The third kappa shape index (κ3) is 5.20. The molecule has 0 aliphatic heterocycles. The van der Waals surface area contributed by atoms with Crippen molar-refractivity contribution in [3.8, 4) is 61.3 Å². The number of furan rings is 1. The Morgan fingerprint density at radius 3 is 1.80 bits per heavy atom. The zero-order chi connectivity index (χ0) is 39.2. The molecule has 0 atom stereocenters. The molecule has 0 amide bonds. The molecule has 2 heteroatoms. The molecule has 0 bridgehead atoms. The molecule has 2 nitrogen and oxygen atoms in total. The predicted molar refractivity (Wildman–Crippen MR) is 247 cm³/mol. The minimum Gasteiger partial charge on any atom is -0.455 e. The maximum Gasteiger partial charge on any atom is 0.143 e. The molecule has 0 saturated carbocycles. The van der Waals surface area contributed by atoms with E-state index in [0.717, 1.165) is 44.2 Å². The molecule has 0 saturated heterocycles. The van der Waals surface area contributed by atoms with Crippen molar-refractivity contribution in [3.63, 3.8) is 0 Å². The van der Waals surface area contributed by atoms with Gasteiger partial charge >= 0.3 is 0 Å². The Balaban J connectivity index is 1.04. The van der Waals surface area contributed by atoms with E-state index in [1.807, 2.05) is 6.07 Å². The largest absolute Gasteiger partial charge is 0.455 e. The lowest BCUT2D eigenvalue weighted by atomic mass is 9.82. The lowest BCUT2D eigenvalue weighted by Gasteiger charge is -2.22. The first-order chi connectivity index (χ1) is 29.0. The lowest BCUT2D eigenvalue weighted by molar-refractivity contribution is 0.660. The minimum atomic E-state index is -0.0782. The highest BCUT2D eigenvalue weighted by molar-refractivity contribution is 6.12. The molecule has 0 radical (unpaired) electrons. The Labute approximate surface area is 343 Å². The number of para-hydroxylation sites is 3. The summed E-state index contributed by atoms with van der Waals surface area (Å²) in [5.41, 5.74) is 20.1. The topological polar surface area (TPSA) is 18.1 Å². The smallest absolute Gasteiger partial charge is 0.143 e. The summed E-state index contributed by atoms with van der Waals surface area (Å²) >= 11 is 0. The number of benzene rings is 9. The van der Waals surface area contributed by atoms with Gasteiger partial charge in [-0.1, -0.05) is 159 Å². The van der Waals surface area contributed by atoms with E-state index in [2.05, 4.69) is 213 Å². The van der Waals surface area contributed by atoms with Crippen LogP contribution in [0.1, 0.15) is 25.0 Å². The van der Waals surface area contributed by atoms with Crippen LogP contribution in [-0.2, 0) is 5.41 Å². The third-order valence-electron chi connectivity index (χ3n) is 12.8. The fourth-order valence-corrected chi connectivity index (χ4v) is 9.84. The Bertz CT molecular complexity index is 3450. The summed E-state index contributed by atoms with van der Waals surface area (Å²) < 4.78 is 9.05. The monoisotopic (exact) mass is 753 g/mol. The SMILES string of the molecule is CC1(C)c2ccccc2-c2ccc(-n3c4ccccc4c4cc(-c5cc(-c6ccc(-c7ccccc7)cc6)cc(-c6cccc7c6oc6ccccc67)c5)ccc43)cc21. The molecule has 278 valence electrons. The van der Waals surface area contributed by atoms with Crippen LogP contribution in [0.3, 0.4) is 0 Å². The van der Waals surface area contributed by atoms with E-state index < -0.39 is 0 Å². The van der Waals surface area contributed by atoms with Crippen molar-refractivity contribution in [2.45, 2.75) is 19.3 Å². The van der Waals surface area contributed by atoms with Crippen LogP contribution in [0, 0.1) is 0 Å². The lowest BCUT2D eigenvalue weighted by Crippen LogP contribution is -2.15. The molecule has 0 unspecified atom stereocenters. The summed E-state index contributed by atoms with van der Waals surface area (Å²) in [7, 11) is 0. The van der Waals surface area contributed by atoms with Gasteiger partial charge in [-0.25, -0.2) is 0 Å². The Hall–Kier alpha value is -7.42. The van der Waals surface area contributed by atoms with Crippen molar-refractivity contribution in [2.75, 3.05) is 0 Å². The van der Waals surface area contributed by atoms with Gasteiger partial charge in [0.15, 0.2) is 0 Å². The first-order valence-electron chi connectivity index (χ1n) is 20.5. The first-order valence-corrected chi connectivity index (χ1v) is 20.5. The molecular formula is C57H39NO. The van der Waals surface area contributed by atoms with Crippen molar-refractivity contribution in [3.05, 3.63) is 211 Å². The van der Waals surface area contributed by atoms with Crippen LogP contribution >= 0.6 is 0 Å². The second-order valence-electron chi connectivity index (χ2n) is 16.5. The van der Waals surface area contributed by atoms with Gasteiger partial charge in [0, 0.05) is 38.2 Å². The summed E-state index contributed by atoms with van der Waals surface area (Å²) in [4.78, 5) is 0. The number of hydrogen-bond acceptors (Lipinski definition) is 1. The van der Waals surface area contributed by atoms with E-state index in [1.54, 1.807) is 0 Å². The Morgan fingerprint density at radius 1 is 0.356 bits per heavy atom. The van der Waals surface area contributed by atoms with E-state index in [1.165, 1.54) is 72.0 Å². The van der Waals surface area contributed by atoms with Gasteiger partial charge in [-0.15, -0.1) is 0 Å². The maximum absolute atomic E-state index is 6.60. The summed E-state index contributed by atoms with van der Waals surface area (Å²) in [6.07, 6.45) is 0. The van der Waals surface area contributed by atoms with E-state index in [-0.39, 0.29) is 5.41 Å². The summed E-state index contributed by atoms with van der Waals surface area (Å²) in [6, 6.07) is 73.2. The zero-order valence-electron chi connectivity index (χ0n) is 32.9. The molecule has 1 aliphatic carbocycles. The van der Waals surface area contributed by atoms with Crippen molar-refractivity contribution >= 4 is 43.7 Å². The van der Waals surface area contributed by atoms with Crippen molar-refractivity contribution < 1.29 is 4.42 Å². The van der Waals surface area contributed by atoms with Crippen LogP contribution in [0.4, 0.5) is 0 Å². The Morgan fingerprint density at radius 2 is 0.949 bits per heavy atom. The van der Waals surface area contributed by atoms with Crippen LogP contribution < -0.4 is 0 Å². The predicted octanol–water partition coefficient (Wildman–Crippen LogP) is 15.7. The highest BCUT2D eigenvalue weighted by atomic mass is 16.3. The zero-order valence-corrected chi connectivity index (χ0v) is 32.9. The highest BCUT2D eigenvalue weighted by Crippen LogP contribution is 2.50. The average Bonchev–Trinajstić information content (AvgIpc) is 3.92. The number of nitrogens with zero attached hydrogens (tertiary/aromatic N) is 1. The second kappa shape index (κ2) is 12.8. The summed E-state index contributed by atoms with van der Waals surface area (Å²) in [5, 5.41) is 4.74. The number of aromatic nitrogens is 1. The standard InChI is InChI=1S/C57H39NO/c1-57(2)51-20-9-6-15-45(51)46-29-28-43(35-52(46)57)58-53-21-10-7-16-47(53)50-34-39(27-30-54(50)58)41-31-40(38-25-23-37(24-26-38)36-13-4-3-5-14-36)32-42(33-41)44-18-12-19-49-48-17-8-11-22-55(48)59-56(44)49/h3-35H,1-2H3. The van der Waals surface area contributed by atoms with Crippen LogP contribution in [0.25, 0.3) is 105 Å². The third-order valence-corrected chi connectivity index (χ3v) is 12.8. The number of hydrogen-bond donors (Lipinski definition) is 0. The molecule has 0 spiro atoms. The summed E-state index contributed by atoms with van der Waals surface area (Å²) in [6.45, 7) is 4.71. The first kappa shape index (κ1) is 33.7. The van der Waals surface area contributed by atoms with Gasteiger partial charge in [0.1, 0.15) is 11.2 Å². The molecule has 59 heavy (non-hydrogen) atoms. The minimum absolute atomic E-state index is 0.0782. The van der Waals surface area contributed by atoms with E-state index in [9.17, 15) is 0 Å². The van der Waals surface area contributed by atoms with Gasteiger partial charge in [-0.2, -0.15) is 0 Å². The molecule has 11 aromatic rings. The number of fused-ring (bicyclic) bond motifs is 9. The number of rotatable bonds is 5. The van der Waals surface area contributed by atoms with Gasteiger partial charge in [-0.05, 0) is 116 Å². The molecule has 9 aromatic carbocycles. The van der Waals surface area contributed by atoms with Gasteiger partial charge in [0.2, 0.25) is 0 Å². The van der Waals surface area contributed by atoms with Crippen LogP contribution in [0.15, 0.2) is 205 Å². The van der Waals surface area contributed by atoms with Gasteiger partial charge in [-0.3, -0.25) is 0 Å². The van der Waals surface area contributed by atoms with Crippen LogP contribution in [-0.4, -0.2) is 4.57 Å². The van der Waals surface area contributed by atoms with Gasteiger partial charge < -0.3 is 8.98 Å². The molecular weight excluding hydrogens is 715 g/mol. The highest BCUT2D eigenvalue weighted by Gasteiger charge is 2.35. The van der Waals surface area contributed by atoms with Gasteiger partial charge in [0.25, 0.3) is 0 Å². The fraction of sp³-hybridized carbons (Fsp3) is 0.0526. The van der Waals surface area contributed by atoms with Gasteiger partial charge in [0.05, 0.1) is 11.0 Å².